The maximum atomic E-state index is 11.8. The van der Waals surface area contributed by atoms with E-state index in [4.69, 9.17) is 0 Å². The number of allylic oxidation sites excluding steroid dienone is 1. The molecule has 0 radical (unpaired) electrons. The van der Waals surface area contributed by atoms with Crippen molar-refractivity contribution in [1.29, 1.82) is 0 Å². The average Bonchev–Trinajstić information content (AvgIpc) is 2.11. The standard InChI is InChI=1S/C11H18N2O/c1-9-8-13(6-5-12-9)11(14)7-10-3-2-4-10/h7,9,12H,2-6,8H2,1H3/t9-/m0/s1. The second-order valence-electron chi connectivity index (χ2n) is 4.30. The molecule has 0 aromatic carbocycles. The highest BCUT2D eigenvalue weighted by atomic mass is 16.2. The minimum Gasteiger partial charge on any atom is -0.336 e. The lowest BCUT2D eigenvalue weighted by Crippen LogP contribution is -2.51. The molecule has 78 valence electrons. The van der Waals surface area contributed by atoms with Gasteiger partial charge in [-0.25, -0.2) is 0 Å². The maximum absolute atomic E-state index is 11.8. The van der Waals surface area contributed by atoms with E-state index in [1.54, 1.807) is 0 Å². The van der Waals surface area contributed by atoms with Gasteiger partial charge in [0.1, 0.15) is 0 Å². The smallest absolute Gasteiger partial charge is 0.246 e. The van der Waals surface area contributed by atoms with Crippen molar-refractivity contribution in [3.63, 3.8) is 0 Å². The molecule has 0 bridgehead atoms. The Kier molecular flexibility index (Phi) is 2.87. The van der Waals surface area contributed by atoms with Gasteiger partial charge in [0.15, 0.2) is 0 Å². The Morgan fingerprint density at radius 2 is 2.36 bits per heavy atom. The summed E-state index contributed by atoms with van der Waals surface area (Å²) in [6, 6.07) is 0.437. The topological polar surface area (TPSA) is 32.3 Å². The molecule has 1 atom stereocenters. The number of nitrogens with zero attached hydrogens (tertiary/aromatic N) is 1. The Labute approximate surface area is 85.2 Å². The molecule has 1 saturated heterocycles. The number of amides is 1. The summed E-state index contributed by atoms with van der Waals surface area (Å²) in [5.74, 6) is 0.216. The fourth-order valence-corrected chi connectivity index (χ4v) is 1.92. The van der Waals surface area contributed by atoms with Gasteiger partial charge in [0, 0.05) is 31.8 Å². The summed E-state index contributed by atoms with van der Waals surface area (Å²) in [5, 5.41) is 3.33. The van der Waals surface area contributed by atoms with Gasteiger partial charge in [0.2, 0.25) is 5.91 Å². The molecule has 14 heavy (non-hydrogen) atoms. The van der Waals surface area contributed by atoms with Crippen molar-refractivity contribution in [2.24, 2.45) is 0 Å². The lowest BCUT2D eigenvalue weighted by molar-refractivity contribution is -0.127. The van der Waals surface area contributed by atoms with Crippen molar-refractivity contribution in [3.05, 3.63) is 11.6 Å². The van der Waals surface area contributed by atoms with Crippen LogP contribution in [0.15, 0.2) is 11.6 Å². The molecule has 2 fully saturated rings. The molecule has 2 aliphatic rings. The Balaban J connectivity index is 1.90. The SMILES string of the molecule is C[C@H]1CN(C(=O)C=C2CCC2)CCN1. The van der Waals surface area contributed by atoms with Crippen molar-refractivity contribution >= 4 is 5.91 Å². The van der Waals surface area contributed by atoms with Crippen molar-refractivity contribution in [2.75, 3.05) is 19.6 Å². The van der Waals surface area contributed by atoms with Gasteiger partial charge in [-0.1, -0.05) is 5.57 Å². The molecule has 1 aliphatic heterocycles. The van der Waals surface area contributed by atoms with Crippen LogP contribution in [0.3, 0.4) is 0 Å². The maximum Gasteiger partial charge on any atom is 0.246 e. The zero-order chi connectivity index (χ0) is 9.97. The third-order valence-electron chi connectivity index (χ3n) is 3.00. The van der Waals surface area contributed by atoms with E-state index in [0.717, 1.165) is 32.5 Å². The Bertz CT molecular complexity index is 254. The lowest BCUT2D eigenvalue weighted by Gasteiger charge is -2.31. The Morgan fingerprint density at radius 1 is 1.57 bits per heavy atom. The van der Waals surface area contributed by atoms with Crippen LogP contribution in [-0.4, -0.2) is 36.5 Å². The van der Waals surface area contributed by atoms with Crippen LogP contribution < -0.4 is 5.32 Å². The number of carbonyl (C=O) groups excluding carboxylic acids is 1. The predicted molar refractivity (Wildman–Crippen MR) is 56.0 cm³/mol. The second-order valence-corrected chi connectivity index (χ2v) is 4.30. The quantitative estimate of drug-likeness (QED) is 0.629. The van der Waals surface area contributed by atoms with Crippen LogP contribution in [0, 0.1) is 0 Å². The molecule has 0 aromatic rings. The molecule has 1 N–H and O–H groups in total. The van der Waals surface area contributed by atoms with E-state index in [1.807, 2.05) is 11.0 Å². The van der Waals surface area contributed by atoms with Gasteiger partial charge >= 0.3 is 0 Å². The molecule has 1 amide bonds. The minimum atomic E-state index is 0.216. The minimum absolute atomic E-state index is 0.216. The number of hydrogen-bond acceptors (Lipinski definition) is 2. The largest absolute Gasteiger partial charge is 0.336 e. The number of piperazine rings is 1. The van der Waals surface area contributed by atoms with Crippen molar-refractivity contribution in [3.8, 4) is 0 Å². The van der Waals surface area contributed by atoms with E-state index in [0.29, 0.717) is 6.04 Å². The number of carbonyl (C=O) groups is 1. The molecule has 0 spiro atoms. The highest BCUT2D eigenvalue weighted by Crippen LogP contribution is 2.25. The van der Waals surface area contributed by atoms with Gasteiger partial charge in [-0.15, -0.1) is 0 Å². The Hall–Kier alpha value is -0.830. The van der Waals surface area contributed by atoms with Gasteiger partial charge in [-0.3, -0.25) is 4.79 Å². The van der Waals surface area contributed by atoms with E-state index in [9.17, 15) is 4.79 Å². The van der Waals surface area contributed by atoms with Crippen LogP contribution in [-0.2, 0) is 4.79 Å². The molecule has 0 aromatic heterocycles. The summed E-state index contributed by atoms with van der Waals surface area (Å²) in [7, 11) is 0. The second kappa shape index (κ2) is 4.13. The normalized spacial score (nSPS) is 27.1. The lowest BCUT2D eigenvalue weighted by atomic mass is 9.92. The van der Waals surface area contributed by atoms with E-state index in [1.165, 1.54) is 12.0 Å². The molecular formula is C11H18N2O. The zero-order valence-corrected chi connectivity index (χ0v) is 8.75. The molecule has 3 nitrogen and oxygen atoms in total. The zero-order valence-electron chi connectivity index (χ0n) is 8.75. The average molecular weight is 194 g/mol. The number of rotatable bonds is 1. The fourth-order valence-electron chi connectivity index (χ4n) is 1.92. The summed E-state index contributed by atoms with van der Waals surface area (Å²) in [6.07, 6.45) is 5.37. The van der Waals surface area contributed by atoms with Gasteiger partial charge in [0.05, 0.1) is 0 Å². The summed E-state index contributed by atoms with van der Waals surface area (Å²) in [6.45, 7) is 4.75. The first kappa shape index (κ1) is 9.71. The van der Waals surface area contributed by atoms with E-state index in [2.05, 4.69) is 12.2 Å². The van der Waals surface area contributed by atoms with Gasteiger partial charge < -0.3 is 10.2 Å². The molecule has 3 heteroatoms. The van der Waals surface area contributed by atoms with Crippen LogP contribution in [0.4, 0.5) is 0 Å². The summed E-state index contributed by atoms with van der Waals surface area (Å²) >= 11 is 0. The van der Waals surface area contributed by atoms with Crippen molar-refractivity contribution in [2.45, 2.75) is 32.2 Å². The predicted octanol–water partition coefficient (Wildman–Crippen LogP) is 0.917. The highest BCUT2D eigenvalue weighted by molar-refractivity contribution is 5.88. The number of nitrogens with one attached hydrogen (secondary N) is 1. The Morgan fingerprint density at radius 3 is 2.93 bits per heavy atom. The van der Waals surface area contributed by atoms with Crippen LogP contribution in [0.5, 0.6) is 0 Å². The van der Waals surface area contributed by atoms with E-state index < -0.39 is 0 Å². The van der Waals surface area contributed by atoms with Crippen LogP contribution in [0.25, 0.3) is 0 Å². The van der Waals surface area contributed by atoms with E-state index >= 15 is 0 Å². The van der Waals surface area contributed by atoms with Gasteiger partial charge in [0.25, 0.3) is 0 Å². The third kappa shape index (κ3) is 2.15. The molecule has 2 rings (SSSR count). The third-order valence-corrected chi connectivity index (χ3v) is 3.00. The summed E-state index contributed by atoms with van der Waals surface area (Å²) < 4.78 is 0. The molecule has 1 aliphatic carbocycles. The van der Waals surface area contributed by atoms with E-state index in [-0.39, 0.29) is 5.91 Å². The summed E-state index contributed by atoms with van der Waals surface area (Å²) in [4.78, 5) is 13.7. The first-order valence-corrected chi connectivity index (χ1v) is 5.47. The van der Waals surface area contributed by atoms with Gasteiger partial charge in [-0.05, 0) is 26.2 Å². The molecule has 0 unspecified atom stereocenters. The number of hydrogen-bond donors (Lipinski definition) is 1. The van der Waals surface area contributed by atoms with Gasteiger partial charge in [-0.2, -0.15) is 0 Å². The first-order valence-electron chi connectivity index (χ1n) is 5.47. The van der Waals surface area contributed by atoms with Crippen LogP contribution >= 0.6 is 0 Å². The fraction of sp³-hybridized carbons (Fsp3) is 0.727. The van der Waals surface area contributed by atoms with Crippen LogP contribution in [0.1, 0.15) is 26.2 Å². The van der Waals surface area contributed by atoms with Crippen LogP contribution in [0.2, 0.25) is 0 Å². The van der Waals surface area contributed by atoms with Crippen molar-refractivity contribution in [1.82, 2.24) is 10.2 Å². The monoisotopic (exact) mass is 194 g/mol. The van der Waals surface area contributed by atoms with Crippen molar-refractivity contribution < 1.29 is 4.79 Å². The molecule has 1 saturated carbocycles. The molecular weight excluding hydrogens is 176 g/mol. The summed E-state index contributed by atoms with van der Waals surface area (Å²) in [5.41, 5.74) is 1.33. The highest BCUT2D eigenvalue weighted by Gasteiger charge is 2.20. The molecule has 1 heterocycles. The first-order chi connectivity index (χ1) is 6.75.